The second-order valence-electron chi connectivity index (χ2n) is 8.01. The van der Waals surface area contributed by atoms with Gasteiger partial charge in [-0.3, -0.25) is 0 Å². The Morgan fingerprint density at radius 1 is 1.13 bits per heavy atom. The number of imidazole rings is 1. The largest absolute Gasteiger partial charge is 0.352 e. The van der Waals surface area contributed by atoms with Crippen molar-refractivity contribution in [2.45, 2.75) is 25.8 Å². The third kappa shape index (κ3) is 4.97. The zero-order valence-corrected chi connectivity index (χ0v) is 17.1. The number of hydrogen-bond acceptors (Lipinski definition) is 3. The van der Waals surface area contributed by atoms with Crippen molar-refractivity contribution in [1.82, 2.24) is 19.8 Å². The lowest BCUT2D eigenvalue weighted by atomic mass is 9.93. The molecule has 3 aromatic rings. The molecule has 7 heteroatoms. The maximum absolute atomic E-state index is 13.3. The molecule has 2 heterocycles. The van der Waals surface area contributed by atoms with E-state index in [9.17, 15) is 9.18 Å². The minimum Gasteiger partial charge on any atom is -0.352 e. The lowest BCUT2D eigenvalue weighted by Gasteiger charge is -2.31. The molecular weight excluding hydrogens is 381 g/mol. The highest BCUT2D eigenvalue weighted by Crippen LogP contribution is 2.25. The van der Waals surface area contributed by atoms with E-state index in [1.807, 2.05) is 30.3 Å². The van der Waals surface area contributed by atoms with Crippen LogP contribution in [-0.2, 0) is 13.0 Å². The van der Waals surface area contributed by atoms with E-state index < -0.39 is 6.03 Å². The van der Waals surface area contributed by atoms with Gasteiger partial charge in [-0.1, -0.05) is 24.3 Å². The fourth-order valence-corrected chi connectivity index (χ4v) is 4.24. The van der Waals surface area contributed by atoms with E-state index in [1.54, 1.807) is 0 Å². The van der Waals surface area contributed by atoms with Gasteiger partial charge in [0.05, 0.1) is 11.0 Å². The molecule has 0 atom stereocenters. The van der Waals surface area contributed by atoms with Gasteiger partial charge >= 0.3 is 6.03 Å². The molecule has 0 aliphatic carbocycles. The summed E-state index contributed by atoms with van der Waals surface area (Å²) in [5.74, 6) is 1.45. The van der Waals surface area contributed by atoms with Crippen LogP contribution in [0.1, 0.15) is 24.2 Å². The molecule has 158 valence electrons. The molecule has 2 aromatic carbocycles. The molecule has 3 N–H and O–H groups in total. The van der Waals surface area contributed by atoms with E-state index in [0.29, 0.717) is 19.0 Å². The SMILES string of the molecule is NC(=O)NCCN1CCC(Cc2nc3ccccc3n2Cc2ccc(F)cc2)CC1. The van der Waals surface area contributed by atoms with Gasteiger partial charge in [0.25, 0.3) is 0 Å². The number of urea groups is 1. The number of benzene rings is 2. The Labute approximate surface area is 175 Å². The number of fused-ring (bicyclic) bond motifs is 1. The summed E-state index contributed by atoms with van der Waals surface area (Å²) < 4.78 is 15.6. The Morgan fingerprint density at radius 2 is 1.87 bits per heavy atom. The van der Waals surface area contributed by atoms with Gasteiger partial charge in [0.15, 0.2) is 0 Å². The van der Waals surface area contributed by atoms with E-state index >= 15 is 0 Å². The van der Waals surface area contributed by atoms with Gasteiger partial charge < -0.3 is 20.5 Å². The maximum Gasteiger partial charge on any atom is 0.312 e. The number of para-hydroxylation sites is 2. The summed E-state index contributed by atoms with van der Waals surface area (Å²) in [5, 5.41) is 2.65. The molecule has 1 aliphatic heterocycles. The van der Waals surface area contributed by atoms with E-state index in [0.717, 1.165) is 61.3 Å². The van der Waals surface area contributed by atoms with Gasteiger partial charge in [0.1, 0.15) is 11.6 Å². The first-order valence-electron chi connectivity index (χ1n) is 10.5. The number of likely N-dealkylation sites (tertiary alicyclic amines) is 1. The first-order chi connectivity index (χ1) is 14.6. The predicted octanol–water partition coefficient (Wildman–Crippen LogP) is 3.15. The molecule has 0 spiro atoms. The molecule has 2 amide bonds. The van der Waals surface area contributed by atoms with Crippen molar-refractivity contribution in [3.8, 4) is 0 Å². The van der Waals surface area contributed by atoms with E-state index in [-0.39, 0.29) is 5.82 Å². The Bertz CT molecular complexity index is 993. The van der Waals surface area contributed by atoms with Crippen molar-refractivity contribution in [3.05, 3.63) is 65.7 Å². The zero-order valence-electron chi connectivity index (χ0n) is 17.1. The molecule has 6 nitrogen and oxygen atoms in total. The van der Waals surface area contributed by atoms with Gasteiger partial charge in [-0.15, -0.1) is 0 Å². The van der Waals surface area contributed by atoms with E-state index in [4.69, 9.17) is 10.7 Å². The average molecular weight is 410 g/mol. The third-order valence-electron chi connectivity index (χ3n) is 5.89. The molecular formula is C23H28FN5O. The second kappa shape index (κ2) is 9.26. The summed E-state index contributed by atoms with van der Waals surface area (Å²) in [6.07, 6.45) is 3.15. The van der Waals surface area contributed by atoms with Crippen LogP contribution in [0.25, 0.3) is 11.0 Å². The number of nitrogens with zero attached hydrogens (tertiary/aromatic N) is 3. The molecule has 0 unspecified atom stereocenters. The number of piperidine rings is 1. The van der Waals surface area contributed by atoms with Crippen LogP contribution in [0.3, 0.4) is 0 Å². The monoisotopic (exact) mass is 409 g/mol. The van der Waals surface area contributed by atoms with Gasteiger partial charge in [0.2, 0.25) is 0 Å². The maximum atomic E-state index is 13.3. The number of primary amides is 1. The summed E-state index contributed by atoms with van der Waals surface area (Å²) in [7, 11) is 0. The van der Waals surface area contributed by atoms with Crippen molar-refractivity contribution < 1.29 is 9.18 Å². The Hall–Kier alpha value is -2.93. The highest BCUT2D eigenvalue weighted by atomic mass is 19.1. The molecule has 0 bridgehead atoms. The number of aromatic nitrogens is 2. The molecule has 0 saturated carbocycles. The van der Waals surface area contributed by atoms with E-state index in [2.05, 4.69) is 20.9 Å². The third-order valence-corrected chi connectivity index (χ3v) is 5.89. The summed E-state index contributed by atoms with van der Waals surface area (Å²) in [6.45, 7) is 4.15. The topological polar surface area (TPSA) is 76.2 Å². The van der Waals surface area contributed by atoms with Gasteiger partial charge in [0, 0.05) is 26.1 Å². The van der Waals surface area contributed by atoms with Crippen LogP contribution in [0, 0.1) is 11.7 Å². The van der Waals surface area contributed by atoms with E-state index in [1.165, 1.54) is 12.1 Å². The number of halogens is 1. The van der Waals surface area contributed by atoms with Crippen LogP contribution in [0.5, 0.6) is 0 Å². The van der Waals surface area contributed by atoms with Crippen LogP contribution in [0.15, 0.2) is 48.5 Å². The normalized spacial score (nSPS) is 15.5. The Balaban J connectivity index is 1.44. The number of carbonyl (C=O) groups excluding carboxylic acids is 1. The lowest BCUT2D eigenvalue weighted by molar-refractivity contribution is 0.183. The number of hydrogen-bond donors (Lipinski definition) is 2. The standard InChI is InChI=1S/C23H28FN5O/c24-19-7-5-18(6-8-19)16-29-21-4-2-1-3-20(21)27-22(29)15-17-9-12-28(13-10-17)14-11-26-23(25)30/h1-8,17H,9-16H2,(H3,25,26,30). The fourth-order valence-electron chi connectivity index (χ4n) is 4.24. The molecule has 0 radical (unpaired) electrons. The van der Waals surface area contributed by atoms with Crippen molar-refractivity contribution >= 4 is 17.1 Å². The molecule has 1 aliphatic rings. The molecule has 1 fully saturated rings. The summed E-state index contributed by atoms with van der Waals surface area (Å²) in [4.78, 5) is 18.1. The minimum absolute atomic E-state index is 0.216. The minimum atomic E-state index is -0.468. The lowest BCUT2D eigenvalue weighted by Crippen LogP contribution is -2.41. The Kier molecular flexibility index (Phi) is 6.28. The van der Waals surface area contributed by atoms with Crippen LogP contribution >= 0.6 is 0 Å². The molecule has 1 saturated heterocycles. The highest BCUT2D eigenvalue weighted by molar-refractivity contribution is 5.76. The number of amides is 2. The van der Waals surface area contributed by atoms with Crippen molar-refractivity contribution in [2.75, 3.05) is 26.2 Å². The predicted molar refractivity (Wildman–Crippen MR) is 116 cm³/mol. The number of nitrogens with one attached hydrogen (secondary N) is 1. The number of rotatable bonds is 7. The molecule has 30 heavy (non-hydrogen) atoms. The number of carbonyl (C=O) groups is 1. The van der Waals surface area contributed by atoms with Crippen LogP contribution < -0.4 is 11.1 Å². The van der Waals surface area contributed by atoms with Crippen molar-refractivity contribution in [1.29, 1.82) is 0 Å². The average Bonchev–Trinajstić information content (AvgIpc) is 3.08. The highest BCUT2D eigenvalue weighted by Gasteiger charge is 2.22. The van der Waals surface area contributed by atoms with Crippen molar-refractivity contribution in [3.63, 3.8) is 0 Å². The summed E-state index contributed by atoms with van der Waals surface area (Å²) in [6, 6.07) is 14.4. The van der Waals surface area contributed by atoms with Gasteiger partial charge in [-0.05, 0) is 61.7 Å². The van der Waals surface area contributed by atoms with Gasteiger partial charge in [-0.25, -0.2) is 14.2 Å². The summed E-state index contributed by atoms with van der Waals surface area (Å²) in [5.41, 5.74) is 8.32. The Morgan fingerprint density at radius 3 is 2.60 bits per heavy atom. The first kappa shape index (κ1) is 20.3. The van der Waals surface area contributed by atoms with Crippen LogP contribution in [0.4, 0.5) is 9.18 Å². The fraction of sp³-hybridized carbons (Fsp3) is 0.391. The smallest absolute Gasteiger partial charge is 0.312 e. The van der Waals surface area contributed by atoms with Crippen LogP contribution in [-0.4, -0.2) is 46.7 Å². The van der Waals surface area contributed by atoms with Gasteiger partial charge in [-0.2, -0.15) is 0 Å². The molecule has 4 rings (SSSR count). The first-order valence-corrected chi connectivity index (χ1v) is 10.5. The number of nitrogens with two attached hydrogens (primary N) is 1. The van der Waals surface area contributed by atoms with Crippen LogP contribution in [0.2, 0.25) is 0 Å². The second-order valence-corrected chi connectivity index (χ2v) is 8.01. The zero-order chi connectivity index (χ0) is 20.9. The summed E-state index contributed by atoms with van der Waals surface area (Å²) >= 11 is 0. The quantitative estimate of drug-likeness (QED) is 0.629. The van der Waals surface area contributed by atoms with Crippen molar-refractivity contribution in [2.24, 2.45) is 11.7 Å². The molecule has 1 aromatic heterocycles.